The third-order valence-corrected chi connectivity index (χ3v) is 3.52. The minimum atomic E-state index is -1.22. The average molecular weight is 272 g/mol. The molecule has 0 aliphatic rings. The van der Waals surface area contributed by atoms with Crippen LogP contribution in [0.4, 0.5) is 0 Å². The number of halogens is 1. The van der Waals surface area contributed by atoms with Crippen LogP contribution in [0.15, 0.2) is 10.5 Å². The fraction of sp³-hybridized carbons (Fsp3) is 0.364. The van der Waals surface area contributed by atoms with Gasteiger partial charge in [-0.05, 0) is 43.5 Å². The molecule has 0 fully saturated rings. The van der Waals surface area contributed by atoms with Crippen LogP contribution in [0.2, 0.25) is 0 Å². The van der Waals surface area contributed by atoms with E-state index >= 15 is 0 Å². The van der Waals surface area contributed by atoms with Crippen LogP contribution >= 0.6 is 15.9 Å². The molecular weight excluding hydrogens is 260 g/mol. The molecule has 0 radical (unpaired) electrons. The van der Waals surface area contributed by atoms with Gasteiger partial charge in [-0.1, -0.05) is 15.9 Å². The first-order chi connectivity index (χ1) is 6.93. The average Bonchev–Trinajstić information content (AvgIpc) is 2.18. The molecular formula is C11H12BrO3-. The minimum Gasteiger partial charge on any atom is -0.546 e. The van der Waals surface area contributed by atoms with E-state index in [0.717, 1.165) is 21.2 Å². The predicted octanol–water partition coefficient (Wildman–Crippen LogP) is 1.50. The molecule has 0 saturated carbocycles. The number of ether oxygens (including phenoxy) is 1. The highest BCUT2D eigenvalue weighted by atomic mass is 79.9. The first-order valence-corrected chi connectivity index (χ1v) is 5.31. The van der Waals surface area contributed by atoms with Crippen LogP contribution in [0.5, 0.6) is 5.75 Å². The van der Waals surface area contributed by atoms with Gasteiger partial charge in [0.15, 0.2) is 0 Å². The highest BCUT2D eigenvalue weighted by molar-refractivity contribution is 9.10. The van der Waals surface area contributed by atoms with Crippen LogP contribution in [0.1, 0.15) is 16.7 Å². The summed E-state index contributed by atoms with van der Waals surface area (Å²) in [5, 5.41) is 10.3. The Morgan fingerprint density at radius 1 is 1.40 bits per heavy atom. The van der Waals surface area contributed by atoms with Crippen molar-refractivity contribution in [1.82, 2.24) is 0 Å². The molecule has 3 nitrogen and oxygen atoms in total. The van der Waals surface area contributed by atoms with Crippen LogP contribution in [-0.4, -0.2) is 12.6 Å². The topological polar surface area (TPSA) is 49.4 Å². The Morgan fingerprint density at radius 2 is 2.00 bits per heavy atom. The zero-order chi connectivity index (χ0) is 11.6. The SMILES string of the molecule is Cc1cc(OCC(=O)[O-])c(C)c(C)c1Br. The second-order valence-corrected chi connectivity index (χ2v) is 4.21. The number of benzene rings is 1. The Bertz CT molecular complexity index is 399. The first kappa shape index (κ1) is 12.0. The maximum absolute atomic E-state index is 10.3. The quantitative estimate of drug-likeness (QED) is 0.837. The number of rotatable bonds is 3. The smallest absolute Gasteiger partial charge is 0.128 e. The predicted molar refractivity (Wildman–Crippen MR) is 58.9 cm³/mol. The third-order valence-electron chi connectivity index (χ3n) is 2.30. The van der Waals surface area contributed by atoms with Crippen molar-refractivity contribution < 1.29 is 14.6 Å². The van der Waals surface area contributed by atoms with Gasteiger partial charge in [0.1, 0.15) is 12.4 Å². The summed E-state index contributed by atoms with van der Waals surface area (Å²) in [7, 11) is 0. The Morgan fingerprint density at radius 3 is 2.53 bits per heavy atom. The molecule has 4 heteroatoms. The molecule has 0 spiro atoms. The highest BCUT2D eigenvalue weighted by Crippen LogP contribution is 2.30. The number of hydrogen-bond acceptors (Lipinski definition) is 3. The molecule has 0 unspecified atom stereocenters. The molecule has 0 N–H and O–H groups in total. The van der Waals surface area contributed by atoms with Crippen molar-refractivity contribution in [2.24, 2.45) is 0 Å². The van der Waals surface area contributed by atoms with E-state index in [2.05, 4.69) is 15.9 Å². The van der Waals surface area contributed by atoms with E-state index in [0.29, 0.717) is 5.75 Å². The van der Waals surface area contributed by atoms with Gasteiger partial charge in [0.2, 0.25) is 0 Å². The monoisotopic (exact) mass is 271 g/mol. The molecule has 0 heterocycles. The molecule has 0 amide bonds. The standard InChI is InChI=1S/C11H13BrO3/c1-6-4-9(15-5-10(13)14)7(2)8(3)11(6)12/h4H,5H2,1-3H3,(H,13,14)/p-1. The fourth-order valence-electron chi connectivity index (χ4n) is 1.30. The van der Waals surface area contributed by atoms with E-state index < -0.39 is 12.6 Å². The second kappa shape index (κ2) is 4.66. The van der Waals surface area contributed by atoms with Gasteiger partial charge in [0, 0.05) is 4.47 Å². The maximum atomic E-state index is 10.3. The number of carbonyl (C=O) groups excluding carboxylic acids is 1. The molecule has 0 aliphatic carbocycles. The lowest BCUT2D eigenvalue weighted by Crippen LogP contribution is -2.29. The van der Waals surface area contributed by atoms with Crippen molar-refractivity contribution in [1.29, 1.82) is 0 Å². The molecule has 1 aromatic carbocycles. The Balaban J connectivity index is 3.04. The van der Waals surface area contributed by atoms with Gasteiger partial charge in [-0.3, -0.25) is 0 Å². The van der Waals surface area contributed by atoms with Crippen LogP contribution in [0.25, 0.3) is 0 Å². The lowest BCUT2D eigenvalue weighted by Gasteiger charge is -2.14. The fourth-order valence-corrected chi connectivity index (χ4v) is 1.71. The summed E-state index contributed by atoms with van der Waals surface area (Å²) in [6, 6.07) is 1.81. The van der Waals surface area contributed by atoms with Crippen molar-refractivity contribution in [3.63, 3.8) is 0 Å². The van der Waals surface area contributed by atoms with E-state index in [4.69, 9.17) is 4.74 Å². The van der Waals surface area contributed by atoms with E-state index in [-0.39, 0.29) is 0 Å². The summed E-state index contributed by atoms with van der Waals surface area (Å²) in [6.07, 6.45) is 0. The molecule has 1 rings (SSSR count). The van der Waals surface area contributed by atoms with Gasteiger partial charge in [-0.25, -0.2) is 0 Å². The minimum absolute atomic E-state index is 0.415. The number of hydrogen-bond donors (Lipinski definition) is 0. The Kier molecular flexibility index (Phi) is 3.74. The van der Waals surface area contributed by atoms with E-state index in [9.17, 15) is 9.90 Å². The van der Waals surface area contributed by atoms with Crippen molar-refractivity contribution >= 4 is 21.9 Å². The molecule has 0 saturated heterocycles. The molecule has 0 aliphatic heterocycles. The Hall–Kier alpha value is -1.03. The zero-order valence-electron chi connectivity index (χ0n) is 8.89. The molecule has 0 aromatic heterocycles. The number of aryl methyl sites for hydroxylation is 1. The van der Waals surface area contributed by atoms with Crippen molar-refractivity contribution in [3.05, 3.63) is 27.2 Å². The van der Waals surface area contributed by atoms with Crippen LogP contribution < -0.4 is 9.84 Å². The number of carboxylic acid groups (broad SMARTS) is 1. The summed E-state index contributed by atoms with van der Waals surface area (Å²) < 4.78 is 6.16. The molecule has 1 aromatic rings. The van der Waals surface area contributed by atoms with E-state index in [1.54, 1.807) is 0 Å². The summed E-state index contributed by atoms with van der Waals surface area (Å²) >= 11 is 3.46. The lowest BCUT2D eigenvalue weighted by molar-refractivity contribution is -0.307. The van der Waals surface area contributed by atoms with Crippen LogP contribution in [-0.2, 0) is 4.79 Å². The summed E-state index contributed by atoms with van der Waals surface area (Å²) in [5.41, 5.74) is 3.02. The van der Waals surface area contributed by atoms with Gasteiger partial charge < -0.3 is 14.6 Å². The zero-order valence-corrected chi connectivity index (χ0v) is 10.5. The maximum Gasteiger partial charge on any atom is 0.128 e. The number of aliphatic carboxylic acids is 1. The first-order valence-electron chi connectivity index (χ1n) is 4.52. The van der Waals surface area contributed by atoms with E-state index in [1.165, 1.54) is 0 Å². The summed E-state index contributed by atoms with van der Waals surface area (Å²) in [6.45, 7) is 5.37. The number of carboxylic acids is 1. The third kappa shape index (κ3) is 2.72. The van der Waals surface area contributed by atoms with Crippen molar-refractivity contribution in [2.75, 3.05) is 6.61 Å². The largest absolute Gasteiger partial charge is 0.546 e. The normalized spacial score (nSPS) is 10.1. The van der Waals surface area contributed by atoms with Gasteiger partial charge in [0.25, 0.3) is 0 Å². The molecule has 15 heavy (non-hydrogen) atoms. The Labute approximate surface area is 97.2 Å². The van der Waals surface area contributed by atoms with Crippen molar-refractivity contribution in [3.8, 4) is 5.75 Å². The lowest BCUT2D eigenvalue weighted by atomic mass is 10.1. The molecule has 0 bridgehead atoms. The van der Waals surface area contributed by atoms with Crippen molar-refractivity contribution in [2.45, 2.75) is 20.8 Å². The summed E-state index contributed by atoms with van der Waals surface area (Å²) in [5.74, 6) is -0.620. The second-order valence-electron chi connectivity index (χ2n) is 3.42. The van der Waals surface area contributed by atoms with E-state index in [1.807, 2.05) is 26.8 Å². The highest BCUT2D eigenvalue weighted by Gasteiger charge is 2.08. The van der Waals surface area contributed by atoms with Crippen LogP contribution in [0, 0.1) is 20.8 Å². The van der Waals surface area contributed by atoms with Gasteiger partial charge in [-0.15, -0.1) is 0 Å². The van der Waals surface area contributed by atoms with Gasteiger partial charge in [0.05, 0.1) is 5.97 Å². The summed E-state index contributed by atoms with van der Waals surface area (Å²) in [4.78, 5) is 10.3. The number of carbonyl (C=O) groups is 1. The van der Waals surface area contributed by atoms with Gasteiger partial charge >= 0.3 is 0 Å². The molecule has 0 atom stereocenters. The van der Waals surface area contributed by atoms with Crippen LogP contribution in [0.3, 0.4) is 0 Å². The molecule has 82 valence electrons. The van der Waals surface area contributed by atoms with Gasteiger partial charge in [-0.2, -0.15) is 0 Å².